The number of amidine groups is 1. The summed E-state index contributed by atoms with van der Waals surface area (Å²) in [7, 11) is 0. The van der Waals surface area contributed by atoms with Gasteiger partial charge in [-0.1, -0.05) is 11.8 Å². The van der Waals surface area contributed by atoms with Crippen LogP contribution in [0.2, 0.25) is 0 Å². The maximum absolute atomic E-state index is 10.9. The normalized spacial score (nSPS) is 25.8. The highest BCUT2D eigenvalue weighted by Gasteiger charge is 2.31. The number of hydrogen-bond acceptors (Lipinski definition) is 5. The summed E-state index contributed by atoms with van der Waals surface area (Å²) in [6.07, 6.45) is -0.213. The Kier molecular flexibility index (Phi) is 2.54. The van der Waals surface area contributed by atoms with E-state index in [0.717, 1.165) is 11.8 Å². The molecule has 1 aliphatic rings. The predicted molar refractivity (Wildman–Crippen MR) is 43.4 cm³/mol. The van der Waals surface area contributed by atoms with Crippen LogP contribution >= 0.6 is 11.8 Å². The van der Waals surface area contributed by atoms with E-state index in [2.05, 4.69) is 10.4 Å². The second-order valence-electron chi connectivity index (χ2n) is 2.13. The highest BCUT2D eigenvalue weighted by molar-refractivity contribution is 8.15. The topological polar surface area (TPSA) is 105 Å². The molecule has 0 saturated carbocycles. The van der Waals surface area contributed by atoms with Gasteiger partial charge in [0.05, 0.1) is 6.42 Å². The molecule has 0 bridgehead atoms. The van der Waals surface area contributed by atoms with Crippen LogP contribution in [0.3, 0.4) is 0 Å². The fraction of sp³-hybridized carbons (Fsp3) is 0.400. The van der Waals surface area contributed by atoms with Crippen LogP contribution in [0.25, 0.3) is 0 Å². The predicted octanol–water partition coefficient (Wildman–Crippen LogP) is -1.08. The molecule has 0 spiro atoms. The van der Waals surface area contributed by atoms with E-state index in [1.165, 1.54) is 0 Å². The van der Waals surface area contributed by atoms with Crippen LogP contribution in [-0.2, 0) is 9.59 Å². The fourth-order valence-electron chi connectivity index (χ4n) is 0.759. The van der Waals surface area contributed by atoms with Gasteiger partial charge in [-0.05, 0) is 0 Å². The summed E-state index contributed by atoms with van der Waals surface area (Å²) >= 11 is 1.03. The van der Waals surface area contributed by atoms with Crippen molar-refractivity contribution < 1.29 is 14.7 Å². The number of hydrazone groups is 1. The van der Waals surface area contributed by atoms with Gasteiger partial charge in [-0.3, -0.25) is 9.59 Å². The van der Waals surface area contributed by atoms with E-state index in [1.54, 1.807) is 0 Å². The number of nitrogens with one attached hydrogen (secondary N) is 1. The van der Waals surface area contributed by atoms with Crippen LogP contribution in [0.5, 0.6) is 0 Å². The van der Waals surface area contributed by atoms with Gasteiger partial charge in [0, 0.05) is 0 Å². The van der Waals surface area contributed by atoms with Crippen molar-refractivity contribution in [1.82, 2.24) is 5.32 Å². The standard InChI is InChI=1S/C5H7N3O3S/c6-8-5-7-4(11)2(12-5)1-3(9)10/h2H,1,6H2,(H,9,10)(H,7,8,11). The van der Waals surface area contributed by atoms with Gasteiger partial charge < -0.3 is 16.3 Å². The van der Waals surface area contributed by atoms with Crippen molar-refractivity contribution in [3.8, 4) is 0 Å². The largest absolute Gasteiger partial charge is 0.481 e. The Balaban J connectivity index is 2.58. The number of carbonyl (C=O) groups excluding carboxylic acids is 1. The molecule has 1 saturated heterocycles. The number of nitrogens with zero attached hydrogens (tertiary/aromatic N) is 1. The van der Waals surface area contributed by atoms with E-state index in [1.807, 2.05) is 0 Å². The maximum atomic E-state index is 10.9. The van der Waals surface area contributed by atoms with Gasteiger partial charge >= 0.3 is 5.97 Å². The Bertz CT molecular complexity index is 252. The number of nitrogens with two attached hydrogens (primary N) is 1. The van der Waals surface area contributed by atoms with Crippen molar-refractivity contribution in [1.29, 1.82) is 0 Å². The molecule has 1 atom stereocenters. The second kappa shape index (κ2) is 3.44. The summed E-state index contributed by atoms with van der Waals surface area (Å²) in [5.74, 6) is 3.53. The van der Waals surface area contributed by atoms with E-state index in [-0.39, 0.29) is 17.5 Å². The minimum Gasteiger partial charge on any atom is -0.481 e. The summed E-state index contributed by atoms with van der Waals surface area (Å²) in [5.41, 5.74) is 0. The first-order chi connectivity index (χ1) is 5.63. The number of thioether (sulfide) groups is 1. The van der Waals surface area contributed by atoms with Crippen LogP contribution < -0.4 is 11.2 Å². The lowest BCUT2D eigenvalue weighted by atomic mass is 10.3. The Morgan fingerprint density at radius 1 is 1.83 bits per heavy atom. The smallest absolute Gasteiger partial charge is 0.305 e. The first-order valence-corrected chi connectivity index (χ1v) is 3.98. The Morgan fingerprint density at radius 2 is 2.50 bits per heavy atom. The van der Waals surface area contributed by atoms with Gasteiger partial charge in [0.15, 0.2) is 5.17 Å². The first kappa shape index (κ1) is 8.85. The van der Waals surface area contributed by atoms with Crippen molar-refractivity contribution in [2.45, 2.75) is 11.7 Å². The number of amides is 1. The van der Waals surface area contributed by atoms with E-state index in [4.69, 9.17) is 10.9 Å². The molecule has 0 aromatic carbocycles. The molecule has 1 aliphatic heterocycles. The molecule has 12 heavy (non-hydrogen) atoms. The van der Waals surface area contributed by atoms with Gasteiger partial charge in [0.25, 0.3) is 0 Å². The van der Waals surface area contributed by atoms with E-state index < -0.39 is 11.2 Å². The molecule has 7 heteroatoms. The first-order valence-electron chi connectivity index (χ1n) is 3.10. The Hall–Kier alpha value is -1.24. The van der Waals surface area contributed by atoms with Crippen molar-refractivity contribution in [2.75, 3.05) is 0 Å². The SMILES string of the molecule is N/N=C1/NC(=O)C(CC(=O)O)S1. The molecule has 4 N–H and O–H groups in total. The summed E-state index contributed by atoms with van der Waals surface area (Å²) < 4.78 is 0. The van der Waals surface area contributed by atoms with E-state index in [0.29, 0.717) is 0 Å². The van der Waals surface area contributed by atoms with Crippen LogP contribution in [0, 0.1) is 0 Å². The lowest BCUT2D eigenvalue weighted by molar-refractivity contribution is -0.138. The molecular weight excluding hydrogens is 182 g/mol. The zero-order valence-corrected chi connectivity index (χ0v) is 6.80. The van der Waals surface area contributed by atoms with Gasteiger partial charge in [-0.15, -0.1) is 0 Å². The average Bonchev–Trinajstić information content (AvgIpc) is 2.31. The number of carboxylic acid groups (broad SMARTS) is 1. The molecular formula is C5H7N3O3S. The summed E-state index contributed by atoms with van der Waals surface area (Å²) in [5, 5.41) is 13.6. The van der Waals surface area contributed by atoms with Crippen molar-refractivity contribution in [3.63, 3.8) is 0 Å². The second-order valence-corrected chi connectivity index (χ2v) is 3.32. The molecule has 1 amide bonds. The third-order valence-corrected chi connectivity index (χ3v) is 2.35. The van der Waals surface area contributed by atoms with Crippen molar-refractivity contribution >= 4 is 28.8 Å². The number of rotatable bonds is 2. The summed E-state index contributed by atoms with van der Waals surface area (Å²) in [4.78, 5) is 21.2. The minimum absolute atomic E-state index is 0.213. The fourth-order valence-corrected chi connectivity index (χ4v) is 1.64. The van der Waals surface area contributed by atoms with E-state index >= 15 is 0 Å². The summed E-state index contributed by atoms with van der Waals surface area (Å²) in [6.45, 7) is 0. The molecule has 1 unspecified atom stereocenters. The quantitative estimate of drug-likeness (QED) is 0.378. The Labute approximate surface area is 72.2 Å². The average molecular weight is 189 g/mol. The molecule has 1 fully saturated rings. The number of hydrogen-bond donors (Lipinski definition) is 3. The molecule has 0 aromatic heterocycles. The molecule has 66 valence electrons. The van der Waals surface area contributed by atoms with Crippen LogP contribution in [0.1, 0.15) is 6.42 Å². The number of carboxylic acids is 1. The molecule has 1 rings (SSSR count). The highest BCUT2D eigenvalue weighted by Crippen LogP contribution is 2.21. The number of aliphatic carboxylic acids is 1. The zero-order valence-electron chi connectivity index (χ0n) is 5.98. The van der Waals surface area contributed by atoms with Crippen molar-refractivity contribution in [2.24, 2.45) is 10.9 Å². The highest BCUT2D eigenvalue weighted by atomic mass is 32.2. The molecule has 0 radical (unpaired) electrons. The maximum Gasteiger partial charge on any atom is 0.305 e. The number of carbonyl (C=O) groups is 2. The minimum atomic E-state index is -1.01. The lowest BCUT2D eigenvalue weighted by Gasteiger charge is -1.97. The van der Waals surface area contributed by atoms with Crippen LogP contribution in [0.4, 0.5) is 0 Å². The monoisotopic (exact) mass is 189 g/mol. The van der Waals surface area contributed by atoms with E-state index in [9.17, 15) is 9.59 Å². The van der Waals surface area contributed by atoms with Crippen LogP contribution in [-0.4, -0.2) is 27.4 Å². The molecule has 6 nitrogen and oxygen atoms in total. The Morgan fingerprint density at radius 3 is 2.92 bits per heavy atom. The van der Waals surface area contributed by atoms with Crippen LogP contribution in [0.15, 0.2) is 5.10 Å². The summed E-state index contributed by atoms with van der Waals surface area (Å²) in [6, 6.07) is 0. The third kappa shape index (κ3) is 1.88. The van der Waals surface area contributed by atoms with Gasteiger partial charge in [0.1, 0.15) is 5.25 Å². The van der Waals surface area contributed by atoms with Gasteiger partial charge in [0.2, 0.25) is 5.91 Å². The van der Waals surface area contributed by atoms with Crippen molar-refractivity contribution in [3.05, 3.63) is 0 Å². The third-order valence-electron chi connectivity index (χ3n) is 1.25. The zero-order chi connectivity index (χ0) is 9.14. The van der Waals surface area contributed by atoms with Gasteiger partial charge in [-0.2, -0.15) is 5.10 Å². The molecule has 0 aliphatic carbocycles. The molecule has 0 aromatic rings. The van der Waals surface area contributed by atoms with Gasteiger partial charge in [-0.25, -0.2) is 0 Å². The molecule has 1 heterocycles. The lowest BCUT2D eigenvalue weighted by Crippen LogP contribution is -2.26.